The lowest BCUT2D eigenvalue weighted by Crippen LogP contribution is -1.93. The quantitative estimate of drug-likeness (QED) is 0.638. The van der Waals surface area contributed by atoms with Gasteiger partial charge in [0.15, 0.2) is 0 Å². The minimum absolute atomic E-state index is 0.501. The van der Waals surface area contributed by atoms with Crippen molar-refractivity contribution in [1.29, 1.82) is 0 Å². The van der Waals surface area contributed by atoms with Crippen LogP contribution in [0, 0.1) is 18.6 Å². The van der Waals surface area contributed by atoms with Crippen LogP contribution in [0.2, 0.25) is 0 Å². The Bertz CT molecular complexity index is 580. The Morgan fingerprint density at radius 2 is 2.25 bits per heavy atom. The van der Waals surface area contributed by atoms with Crippen molar-refractivity contribution < 1.29 is 0 Å². The average Bonchev–Trinajstić information content (AvgIpc) is 2.56. The first-order valence-corrected chi connectivity index (χ1v) is 5.33. The van der Waals surface area contributed by atoms with Gasteiger partial charge < -0.3 is 0 Å². The standard InChI is InChI=1S/C11H12N4S/c1-8-4-3-5-10(6-8)7-12-15-9(2)13-14-11(15)16/h3-7H,1-2H3,(H,14,16)/b12-7+. The van der Waals surface area contributed by atoms with Crippen LogP contribution in [0.25, 0.3) is 0 Å². The molecule has 1 aromatic carbocycles. The molecule has 0 radical (unpaired) electrons. The van der Waals surface area contributed by atoms with Gasteiger partial charge in [-0.15, -0.1) is 0 Å². The highest BCUT2D eigenvalue weighted by molar-refractivity contribution is 7.71. The van der Waals surface area contributed by atoms with Crippen LogP contribution < -0.4 is 0 Å². The van der Waals surface area contributed by atoms with Gasteiger partial charge in [-0.2, -0.15) is 14.9 Å². The minimum atomic E-state index is 0.501. The van der Waals surface area contributed by atoms with Crippen LogP contribution in [0.5, 0.6) is 0 Å². The fraction of sp³-hybridized carbons (Fsp3) is 0.182. The van der Waals surface area contributed by atoms with Gasteiger partial charge in [0.05, 0.1) is 6.21 Å². The maximum atomic E-state index is 5.05. The fourth-order valence-corrected chi connectivity index (χ4v) is 1.61. The van der Waals surface area contributed by atoms with Crippen molar-refractivity contribution in [3.63, 3.8) is 0 Å². The molecule has 4 nitrogen and oxygen atoms in total. The molecule has 0 spiro atoms. The molecule has 0 aliphatic heterocycles. The van der Waals surface area contributed by atoms with E-state index >= 15 is 0 Å². The number of nitrogens with one attached hydrogen (secondary N) is 1. The second-order valence-electron chi connectivity index (χ2n) is 3.55. The smallest absolute Gasteiger partial charge is 0.216 e. The molecule has 0 amide bonds. The number of hydrogen-bond donors (Lipinski definition) is 1. The van der Waals surface area contributed by atoms with E-state index in [1.54, 1.807) is 10.9 Å². The van der Waals surface area contributed by atoms with Crippen LogP contribution in [-0.4, -0.2) is 21.1 Å². The van der Waals surface area contributed by atoms with Crippen LogP contribution in [0.15, 0.2) is 29.4 Å². The summed E-state index contributed by atoms with van der Waals surface area (Å²) < 4.78 is 2.10. The fourth-order valence-electron chi connectivity index (χ4n) is 1.38. The van der Waals surface area contributed by atoms with E-state index in [1.165, 1.54) is 5.56 Å². The Kier molecular flexibility index (Phi) is 2.96. The summed E-state index contributed by atoms with van der Waals surface area (Å²) in [6.45, 7) is 3.89. The molecule has 2 rings (SSSR count). The SMILES string of the molecule is Cc1cccc(/C=N/n2c(C)n[nH]c2=S)c1. The largest absolute Gasteiger partial charge is 0.250 e. The van der Waals surface area contributed by atoms with Crippen LogP contribution in [0.3, 0.4) is 0 Å². The van der Waals surface area contributed by atoms with Gasteiger partial charge in [0, 0.05) is 0 Å². The number of benzene rings is 1. The zero-order chi connectivity index (χ0) is 11.5. The summed E-state index contributed by atoms with van der Waals surface area (Å²) in [7, 11) is 0. The molecule has 1 aromatic heterocycles. The van der Waals surface area contributed by atoms with E-state index in [2.05, 4.69) is 21.4 Å². The number of aryl methyl sites for hydroxylation is 2. The number of hydrogen-bond acceptors (Lipinski definition) is 3. The lowest BCUT2D eigenvalue weighted by atomic mass is 10.2. The summed E-state index contributed by atoms with van der Waals surface area (Å²) in [4.78, 5) is 0. The lowest BCUT2D eigenvalue weighted by Gasteiger charge is -1.96. The van der Waals surface area contributed by atoms with Crippen molar-refractivity contribution in [3.05, 3.63) is 46.0 Å². The first-order chi connectivity index (χ1) is 7.66. The van der Waals surface area contributed by atoms with Crippen LogP contribution in [0.4, 0.5) is 0 Å². The molecule has 82 valence electrons. The van der Waals surface area contributed by atoms with Gasteiger partial charge in [0.25, 0.3) is 0 Å². The molecule has 0 bridgehead atoms. The Morgan fingerprint density at radius 1 is 1.44 bits per heavy atom. The van der Waals surface area contributed by atoms with E-state index in [0.29, 0.717) is 4.77 Å². The first-order valence-electron chi connectivity index (χ1n) is 4.92. The van der Waals surface area contributed by atoms with Gasteiger partial charge in [-0.25, -0.2) is 0 Å². The molecule has 0 aliphatic carbocycles. The van der Waals surface area contributed by atoms with E-state index in [1.807, 2.05) is 32.0 Å². The van der Waals surface area contributed by atoms with Crippen molar-refractivity contribution in [2.45, 2.75) is 13.8 Å². The van der Waals surface area contributed by atoms with Crippen molar-refractivity contribution in [2.24, 2.45) is 5.10 Å². The van der Waals surface area contributed by atoms with E-state index in [4.69, 9.17) is 12.2 Å². The van der Waals surface area contributed by atoms with Crippen molar-refractivity contribution >= 4 is 18.4 Å². The zero-order valence-electron chi connectivity index (χ0n) is 9.14. The van der Waals surface area contributed by atoms with Crippen LogP contribution >= 0.6 is 12.2 Å². The summed E-state index contributed by atoms with van der Waals surface area (Å²) >= 11 is 5.05. The first kappa shape index (κ1) is 10.8. The number of aromatic nitrogens is 3. The highest BCUT2D eigenvalue weighted by Gasteiger charge is 1.96. The third kappa shape index (κ3) is 2.25. The summed E-state index contributed by atoms with van der Waals surface area (Å²) in [6, 6.07) is 8.10. The molecule has 0 atom stereocenters. The Hall–Kier alpha value is -1.75. The van der Waals surface area contributed by atoms with E-state index in [9.17, 15) is 0 Å². The maximum absolute atomic E-state index is 5.05. The summed E-state index contributed by atoms with van der Waals surface area (Å²) in [5, 5.41) is 10.9. The molecule has 2 aromatic rings. The molecule has 5 heteroatoms. The molecule has 0 aliphatic rings. The Labute approximate surface area is 98.6 Å². The van der Waals surface area contributed by atoms with Crippen LogP contribution in [-0.2, 0) is 0 Å². The van der Waals surface area contributed by atoms with Gasteiger partial charge in [0.2, 0.25) is 4.77 Å². The highest BCUT2D eigenvalue weighted by Crippen LogP contribution is 2.02. The predicted molar refractivity (Wildman–Crippen MR) is 66.3 cm³/mol. The Morgan fingerprint density at radius 3 is 2.88 bits per heavy atom. The monoisotopic (exact) mass is 232 g/mol. The van der Waals surface area contributed by atoms with Gasteiger partial charge in [0.1, 0.15) is 5.82 Å². The average molecular weight is 232 g/mol. The minimum Gasteiger partial charge on any atom is -0.250 e. The molecular weight excluding hydrogens is 220 g/mol. The number of H-pyrrole nitrogens is 1. The summed E-state index contributed by atoms with van der Waals surface area (Å²) in [5.74, 6) is 0.744. The second-order valence-corrected chi connectivity index (χ2v) is 3.93. The molecule has 1 N–H and O–H groups in total. The van der Waals surface area contributed by atoms with Crippen molar-refractivity contribution in [1.82, 2.24) is 14.9 Å². The number of aromatic amines is 1. The van der Waals surface area contributed by atoms with Gasteiger partial charge >= 0.3 is 0 Å². The third-order valence-corrected chi connectivity index (χ3v) is 2.44. The zero-order valence-corrected chi connectivity index (χ0v) is 9.95. The van der Waals surface area contributed by atoms with Crippen molar-refractivity contribution in [3.8, 4) is 0 Å². The summed E-state index contributed by atoms with van der Waals surface area (Å²) in [5.41, 5.74) is 2.25. The molecule has 0 saturated heterocycles. The second kappa shape index (κ2) is 4.40. The maximum Gasteiger partial charge on any atom is 0.216 e. The molecular formula is C11H12N4S. The predicted octanol–water partition coefficient (Wildman–Crippen LogP) is 2.44. The molecule has 0 saturated carbocycles. The van der Waals surface area contributed by atoms with Crippen molar-refractivity contribution in [2.75, 3.05) is 0 Å². The van der Waals surface area contributed by atoms with Gasteiger partial charge in [-0.3, -0.25) is 5.10 Å². The molecule has 16 heavy (non-hydrogen) atoms. The third-order valence-electron chi connectivity index (χ3n) is 2.18. The topological polar surface area (TPSA) is 46.0 Å². The van der Waals surface area contributed by atoms with E-state index in [0.717, 1.165) is 11.4 Å². The van der Waals surface area contributed by atoms with Crippen LogP contribution in [0.1, 0.15) is 17.0 Å². The molecule has 0 unspecified atom stereocenters. The highest BCUT2D eigenvalue weighted by atomic mass is 32.1. The van der Waals surface area contributed by atoms with E-state index in [-0.39, 0.29) is 0 Å². The normalized spacial score (nSPS) is 11.1. The van der Waals surface area contributed by atoms with E-state index < -0.39 is 0 Å². The lowest BCUT2D eigenvalue weighted by molar-refractivity contribution is 0.821. The van der Waals surface area contributed by atoms with Gasteiger partial charge in [-0.05, 0) is 31.6 Å². The molecule has 1 heterocycles. The molecule has 0 fully saturated rings. The number of rotatable bonds is 2. The summed E-state index contributed by atoms with van der Waals surface area (Å²) in [6.07, 6.45) is 1.77. The Balaban J connectivity index is 2.32. The number of nitrogens with zero attached hydrogens (tertiary/aromatic N) is 3. The van der Waals surface area contributed by atoms with Gasteiger partial charge in [-0.1, -0.05) is 29.8 Å².